The van der Waals surface area contributed by atoms with Gasteiger partial charge in [-0.1, -0.05) is 33.1 Å². The lowest BCUT2D eigenvalue weighted by atomic mass is 9.43. The number of hydrogen-bond acceptors (Lipinski definition) is 8. The van der Waals surface area contributed by atoms with Gasteiger partial charge in [-0.25, -0.2) is 15.1 Å². The Morgan fingerprint density at radius 3 is 2.65 bits per heavy atom. The molecule has 6 atom stereocenters. The van der Waals surface area contributed by atoms with Crippen LogP contribution in [0.25, 0.3) is 0 Å². The van der Waals surface area contributed by atoms with Crippen LogP contribution in [0.5, 0.6) is 0 Å². The highest BCUT2D eigenvalue weighted by atomic mass is 16.7. The maximum atomic E-state index is 13.6. The molecule has 1 aromatic heterocycles. The van der Waals surface area contributed by atoms with Crippen LogP contribution in [0.3, 0.4) is 0 Å². The molecular weight excluding hydrogens is 519 g/mol. The van der Waals surface area contributed by atoms with Crippen LogP contribution in [0.4, 0.5) is 0 Å². The number of amides is 2. The van der Waals surface area contributed by atoms with Gasteiger partial charge in [0.2, 0.25) is 5.91 Å². The number of aliphatic imine (C=N–C) groups is 1. The number of guanidine groups is 1. The third-order valence-electron chi connectivity index (χ3n) is 8.89. The van der Waals surface area contributed by atoms with E-state index >= 15 is 0 Å². The van der Waals surface area contributed by atoms with Gasteiger partial charge >= 0.3 is 7.12 Å². The van der Waals surface area contributed by atoms with E-state index in [1.165, 1.54) is 18.6 Å². The molecule has 220 valence electrons. The SMILES string of the molecule is CC(C)C[C@H](NC(=O)[C@H](CCCN=C(N)N[N+](=O)[O-])NC(=O)c1ccoc1)B1O[C@@H]2C[C@H]3C[C@H](C3(C)C)[C@]2(C)O1. The van der Waals surface area contributed by atoms with Crippen molar-refractivity contribution in [1.82, 2.24) is 16.1 Å². The van der Waals surface area contributed by atoms with Crippen LogP contribution in [0.2, 0.25) is 0 Å². The van der Waals surface area contributed by atoms with E-state index in [-0.39, 0.29) is 47.8 Å². The largest absolute Gasteiger partial charge is 0.481 e. The Morgan fingerprint density at radius 2 is 2.02 bits per heavy atom. The van der Waals surface area contributed by atoms with Gasteiger partial charge in [-0.3, -0.25) is 9.59 Å². The van der Waals surface area contributed by atoms with Crippen LogP contribution < -0.4 is 21.8 Å². The van der Waals surface area contributed by atoms with Gasteiger partial charge in [-0.05, 0) is 68.3 Å². The van der Waals surface area contributed by atoms with E-state index in [0.717, 1.165) is 12.8 Å². The fourth-order valence-electron chi connectivity index (χ4n) is 6.63. The Balaban J connectivity index is 1.45. The smallest absolute Gasteiger partial charge is 0.472 e. The van der Waals surface area contributed by atoms with Gasteiger partial charge in [0, 0.05) is 6.54 Å². The molecular formula is C26H41BN6O7. The number of carbonyl (C=O) groups is 2. The highest BCUT2D eigenvalue weighted by Gasteiger charge is 2.68. The van der Waals surface area contributed by atoms with Gasteiger partial charge in [0.1, 0.15) is 12.3 Å². The van der Waals surface area contributed by atoms with Crippen molar-refractivity contribution in [3.8, 4) is 0 Å². The number of hydrogen-bond donors (Lipinski definition) is 4. The van der Waals surface area contributed by atoms with Crippen molar-refractivity contribution in [2.24, 2.45) is 33.9 Å². The van der Waals surface area contributed by atoms with Crippen molar-refractivity contribution in [2.75, 3.05) is 6.54 Å². The summed E-state index contributed by atoms with van der Waals surface area (Å²) in [6.07, 6.45) is 5.93. The number of carbonyl (C=O) groups excluding carboxylic acids is 2. The lowest BCUT2D eigenvalue weighted by Gasteiger charge is -2.64. The maximum absolute atomic E-state index is 13.6. The number of nitrogens with zero attached hydrogens (tertiary/aromatic N) is 2. The minimum Gasteiger partial charge on any atom is -0.472 e. The Kier molecular flexibility index (Phi) is 8.79. The summed E-state index contributed by atoms with van der Waals surface area (Å²) in [5.74, 6) is -0.331. The number of nitrogens with one attached hydrogen (secondary N) is 3. The van der Waals surface area contributed by atoms with E-state index in [1.807, 2.05) is 0 Å². The fraction of sp³-hybridized carbons (Fsp3) is 0.731. The standard InChI is InChI=1S/C26H41BN6O7/c1-15(2)11-21(27-39-20-13-17-12-19(25(17,3)4)26(20,5)40-27)31-23(35)18(30-22(34)16-8-10-38-14-16)7-6-9-29-24(28)32-33(36)37/h8,10,14-15,17-21H,6-7,9,11-13H2,1-5H3,(H,30,34)(H,31,35)(H3,28,29,32)/t17-,18+,19-,20-,21+,26+/m1/s1. The van der Waals surface area contributed by atoms with Crippen molar-refractivity contribution in [2.45, 2.75) is 90.4 Å². The Labute approximate surface area is 234 Å². The number of hydrazine groups is 1. The first kappa shape index (κ1) is 29.8. The summed E-state index contributed by atoms with van der Waals surface area (Å²) in [5, 5.41) is 15.6. The molecule has 2 bridgehead atoms. The predicted octanol–water partition coefficient (Wildman–Crippen LogP) is 2.05. The third kappa shape index (κ3) is 6.27. The van der Waals surface area contributed by atoms with Crippen LogP contribution in [-0.2, 0) is 14.1 Å². The molecule has 0 radical (unpaired) electrons. The molecule has 13 nitrogen and oxygen atoms in total. The van der Waals surface area contributed by atoms with Crippen LogP contribution in [0.15, 0.2) is 28.0 Å². The molecule has 0 unspecified atom stereocenters. The summed E-state index contributed by atoms with van der Waals surface area (Å²) in [4.78, 5) is 40.8. The zero-order valence-electron chi connectivity index (χ0n) is 23.8. The molecule has 3 saturated carbocycles. The number of nitro groups is 1. The summed E-state index contributed by atoms with van der Waals surface area (Å²) < 4.78 is 18.1. The second-order valence-corrected chi connectivity index (χ2v) is 12.4. The molecule has 1 saturated heterocycles. The van der Waals surface area contributed by atoms with Crippen molar-refractivity contribution in [3.63, 3.8) is 0 Å². The molecule has 3 aliphatic carbocycles. The molecule has 40 heavy (non-hydrogen) atoms. The summed E-state index contributed by atoms with van der Waals surface area (Å²) in [5.41, 5.74) is 7.33. The van der Waals surface area contributed by atoms with Crippen molar-refractivity contribution >= 4 is 24.9 Å². The minimum atomic E-state index is -0.900. The first-order valence-corrected chi connectivity index (χ1v) is 14.0. The maximum Gasteiger partial charge on any atom is 0.481 e. The topological polar surface area (TPSA) is 183 Å². The zero-order valence-corrected chi connectivity index (χ0v) is 23.8. The Hall–Kier alpha value is -3.13. The van der Waals surface area contributed by atoms with Gasteiger partial charge < -0.3 is 30.1 Å². The van der Waals surface area contributed by atoms with Gasteiger partial charge in [-0.2, -0.15) is 0 Å². The highest BCUT2D eigenvalue weighted by Crippen LogP contribution is 2.65. The molecule has 4 aliphatic rings. The van der Waals surface area contributed by atoms with E-state index in [9.17, 15) is 19.7 Å². The van der Waals surface area contributed by atoms with E-state index in [2.05, 4.69) is 50.2 Å². The Bertz CT molecular complexity index is 1110. The summed E-state index contributed by atoms with van der Waals surface area (Å²) >= 11 is 0. The molecule has 1 aromatic rings. The van der Waals surface area contributed by atoms with E-state index in [4.69, 9.17) is 19.5 Å². The van der Waals surface area contributed by atoms with Crippen LogP contribution in [0, 0.1) is 33.3 Å². The molecule has 4 fully saturated rings. The van der Waals surface area contributed by atoms with E-state index in [0.29, 0.717) is 24.7 Å². The summed E-state index contributed by atoms with van der Waals surface area (Å²) in [6, 6.07) is 0.609. The second kappa shape index (κ2) is 11.8. The van der Waals surface area contributed by atoms with Gasteiger partial charge in [0.15, 0.2) is 5.03 Å². The van der Waals surface area contributed by atoms with Crippen molar-refractivity contribution in [3.05, 3.63) is 34.3 Å². The molecule has 14 heteroatoms. The molecule has 0 aromatic carbocycles. The average Bonchev–Trinajstić information content (AvgIpc) is 3.52. The molecule has 2 heterocycles. The van der Waals surface area contributed by atoms with Crippen LogP contribution >= 0.6 is 0 Å². The third-order valence-corrected chi connectivity index (χ3v) is 8.89. The first-order chi connectivity index (χ1) is 18.8. The second-order valence-electron chi connectivity index (χ2n) is 12.4. The highest BCUT2D eigenvalue weighted by molar-refractivity contribution is 6.48. The van der Waals surface area contributed by atoms with Crippen molar-refractivity contribution < 1.29 is 28.3 Å². The average molecular weight is 560 g/mol. The lowest BCUT2D eigenvalue weighted by Crippen LogP contribution is -2.65. The molecule has 2 amide bonds. The quantitative estimate of drug-likeness (QED) is 0.0742. The monoisotopic (exact) mass is 560 g/mol. The predicted molar refractivity (Wildman–Crippen MR) is 147 cm³/mol. The molecule has 5 rings (SSSR count). The van der Waals surface area contributed by atoms with Gasteiger partial charge in [0.05, 0.1) is 29.5 Å². The molecule has 0 spiro atoms. The first-order valence-electron chi connectivity index (χ1n) is 14.0. The Morgan fingerprint density at radius 1 is 1.27 bits per heavy atom. The van der Waals surface area contributed by atoms with E-state index < -0.39 is 35.6 Å². The zero-order chi connectivity index (χ0) is 29.2. The van der Waals surface area contributed by atoms with Gasteiger partial charge in [-0.15, -0.1) is 0 Å². The minimum absolute atomic E-state index is 0.0199. The normalized spacial score (nSPS) is 28.3. The molecule has 1 aliphatic heterocycles. The molecule has 5 N–H and O–H groups in total. The van der Waals surface area contributed by atoms with Crippen LogP contribution in [-0.4, -0.2) is 60.2 Å². The van der Waals surface area contributed by atoms with E-state index in [1.54, 1.807) is 5.43 Å². The lowest BCUT2D eigenvalue weighted by molar-refractivity contribution is -0.525. The number of rotatable bonds is 12. The van der Waals surface area contributed by atoms with Crippen LogP contribution in [0.1, 0.15) is 77.1 Å². The van der Waals surface area contributed by atoms with Crippen molar-refractivity contribution in [1.29, 1.82) is 0 Å². The number of furan rings is 1. The summed E-state index contributed by atoms with van der Waals surface area (Å²) in [6.45, 7) is 11.0. The number of nitrogens with two attached hydrogens (primary N) is 1. The van der Waals surface area contributed by atoms with Gasteiger partial charge in [0.25, 0.3) is 11.9 Å². The summed E-state index contributed by atoms with van der Waals surface area (Å²) in [7, 11) is -0.598. The fourth-order valence-corrected chi connectivity index (χ4v) is 6.63.